The third-order valence-corrected chi connectivity index (χ3v) is 2.47. The van der Waals surface area contributed by atoms with E-state index in [4.69, 9.17) is 23.2 Å². The Labute approximate surface area is 89.2 Å². The highest BCUT2D eigenvalue weighted by molar-refractivity contribution is 6.38. The number of Topliss-reactive ketones (excluding diaryl/α,β-unsaturated/α-hetero) is 1. The Kier molecular flexibility index (Phi) is 2.17. The first-order chi connectivity index (χ1) is 6.63. The Balaban J connectivity index is 2.59. The molecule has 0 unspecified atom stereocenters. The fourth-order valence-electron chi connectivity index (χ4n) is 1.34. The molecule has 2 rings (SSSR count). The van der Waals surface area contributed by atoms with Crippen molar-refractivity contribution in [2.24, 2.45) is 5.18 Å². The van der Waals surface area contributed by atoms with Gasteiger partial charge in [0.1, 0.15) is 0 Å². The van der Waals surface area contributed by atoms with Gasteiger partial charge >= 0.3 is 0 Å². The molecule has 0 spiro atoms. The van der Waals surface area contributed by atoms with E-state index in [0.29, 0.717) is 21.3 Å². The van der Waals surface area contributed by atoms with E-state index < -0.39 is 11.9 Å². The van der Waals surface area contributed by atoms with Crippen LogP contribution in [0.15, 0.2) is 17.3 Å². The number of rotatable bonds is 1. The van der Waals surface area contributed by atoms with Crippen LogP contribution < -0.4 is 5.32 Å². The summed E-state index contributed by atoms with van der Waals surface area (Å²) >= 11 is 11.5. The molecule has 72 valence electrons. The summed E-state index contributed by atoms with van der Waals surface area (Å²) in [5, 5.41) is 5.92. The first-order valence-electron chi connectivity index (χ1n) is 3.75. The number of carbonyl (C=O) groups is 1. The smallest absolute Gasteiger partial charge is 0.224 e. The fourth-order valence-corrected chi connectivity index (χ4v) is 1.89. The molecule has 1 aromatic carbocycles. The van der Waals surface area contributed by atoms with Crippen LogP contribution in [0.5, 0.6) is 0 Å². The van der Waals surface area contributed by atoms with Crippen molar-refractivity contribution in [3.63, 3.8) is 0 Å². The molecule has 1 heterocycles. The lowest BCUT2D eigenvalue weighted by molar-refractivity contribution is 0.0981. The average molecular weight is 231 g/mol. The van der Waals surface area contributed by atoms with Gasteiger partial charge in [-0.25, -0.2) is 0 Å². The third kappa shape index (κ3) is 1.27. The zero-order valence-electron chi connectivity index (χ0n) is 6.75. The van der Waals surface area contributed by atoms with Crippen LogP contribution in [0.4, 0.5) is 5.69 Å². The maximum absolute atomic E-state index is 11.5. The number of nitroso groups, excluding NO2 is 1. The van der Waals surface area contributed by atoms with Crippen molar-refractivity contribution in [2.75, 3.05) is 5.32 Å². The summed E-state index contributed by atoms with van der Waals surface area (Å²) in [4.78, 5) is 21.7. The van der Waals surface area contributed by atoms with Crippen LogP contribution in [0.2, 0.25) is 10.0 Å². The Morgan fingerprint density at radius 1 is 1.36 bits per heavy atom. The summed E-state index contributed by atoms with van der Waals surface area (Å²) in [6, 6.07) is 2.96. The van der Waals surface area contributed by atoms with Crippen LogP contribution in [0.25, 0.3) is 0 Å². The fraction of sp³-hybridized carbons (Fsp3) is 0.125. The van der Waals surface area contributed by atoms with Gasteiger partial charge in [0.15, 0.2) is 0 Å². The largest absolute Gasteiger partial charge is 0.353 e. The highest BCUT2D eigenvalue weighted by atomic mass is 35.5. The number of ketones is 1. The summed E-state index contributed by atoms with van der Waals surface area (Å²) < 4.78 is 0. The first kappa shape index (κ1) is 9.43. The Morgan fingerprint density at radius 2 is 2.07 bits per heavy atom. The molecule has 1 N–H and O–H groups in total. The van der Waals surface area contributed by atoms with Crippen molar-refractivity contribution < 1.29 is 4.79 Å². The van der Waals surface area contributed by atoms with Crippen LogP contribution in [-0.4, -0.2) is 11.9 Å². The maximum Gasteiger partial charge on any atom is 0.224 e. The Hall–Kier alpha value is -1.13. The molecule has 14 heavy (non-hydrogen) atoms. The molecular formula is C8H4Cl2N2O2. The van der Waals surface area contributed by atoms with Crippen LogP contribution in [0.3, 0.4) is 0 Å². The second-order valence-electron chi connectivity index (χ2n) is 2.83. The van der Waals surface area contributed by atoms with Crippen LogP contribution in [0.1, 0.15) is 10.4 Å². The lowest BCUT2D eigenvalue weighted by Crippen LogP contribution is -2.18. The number of benzene rings is 1. The van der Waals surface area contributed by atoms with Gasteiger partial charge in [0.05, 0.1) is 10.7 Å². The minimum Gasteiger partial charge on any atom is -0.353 e. The van der Waals surface area contributed by atoms with Gasteiger partial charge < -0.3 is 5.32 Å². The van der Waals surface area contributed by atoms with E-state index in [1.165, 1.54) is 12.1 Å². The van der Waals surface area contributed by atoms with Gasteiger partial charge in [0.2, 0.25) is 11.9 Å². The Bertz CT molecular complexity index is 434. The third-order valence-electron chi connectivity index (χ3n) is 1.96. The van der Waals surface area contributed by atoms with Crippen LogP contribution in [0, 0.1) is 4.91 Å². The summed E-state index contributed by atoms with van der Waals surface area (Å²) in [5.74, 6) is -0.403. The molecule has 0 aliphatic carbocycles. The van der Waals surface area contributed by atoms with Crippen molar-refractivity contribution in [1.82, 2.24) is 0 Å². The standard InChI is InChI=1S/C8H4Cl2N2O2/c9-3-1-4-6(5(10)2-3)11-8(12-14)7(4)13/h1-2,8,11H/t8-/m1/s1. The van der Waals surface area contributed by atoms with E-state index in [9.17, 15) is 9.70 Å². The molecule has 1 atom stereocenters. The predicted octanol–water partition coefficient (Wildman–Crippen LogP) is 2.69. The van der Waals surface area contributed by atoms with Gasteiger partial charge in [-0.15, -0.1) is 4.91 Å². The molecular weight excluding hydrogens is 227 g/mol. The van der Waals surface area contributed by atoms with Crippen molar-refractivity contribution in [2.45, 2.75) is 6.17 Å². The second kappa shape index (κ2) is 3.22. The number of nitrogens with zero attached hydrogens (tertiary/aromatic N) is 1. The maximum atomic E-state index is 11.5. The summed E-state index contributed by atoms with van der Waals surface area (Å²) in [7, 11) is 0. The molecule has 0 saturated carbocycles. The van der Waals surface area contributed by atoms with E-state index in [1.54, 1.807) is 0 Å². The van der Waals surface area contributed by atoms with Crippen molar-refractivity contribution in [3.05, 3.63) is 32.6 Å². The molecule has 1 aliphatic rings. The lowest BCUT2D eigenvalue weighted by atomic mass is 10.1. The van der Waals surface area contributed by atoms with Crippen LogP contribution in [-0.2, 0) is 0 Å². The van der Waals surface area contributed by atoms with Gasteiger partial charge in [0.25, 0.3) is 0 Å². The number of anilines is 1. The van der Waals surface area contributed by atoms with Gasteiger partial charge in [-0.3, -0.25) is 4.79 Å². The number of nitrogens with one attached hydrogen (secondary N) is 1. The van der Waals surface area contributed by atoms with Crippen molar-refractivity contribution >= 4 is 34.7 Å². The van der Waals surface area contributed by atoms with E-state index in [0.717, 1.165) is 0 Å². The highest BCUT2D eigenvalue weighted by Crippen LogP contribution is 2.35. The van der Waals surface area contributed by atoms with Gasteiger partial charge in [-0.05, 0) is 17.3 Å². The number of hydrogen-bond acceptors (Lipinski definition) is 4. The molecule has 6 heteroatoms. The van der Waals surface area contributed by atoms with E-state index >= 15 is 0 Å². The number of hydrogen-bond donors (Lipinski definition) is 1. The number of carbonyl (C=O) groups excluding carboxylic acids is 1. The first-order valence-corrected chi connectivity index (χ1v) is 4.51. The monoisotopic (exact) mass is 230 g/mol. The molecule has 0 amide bonds. The van der Waals surface area contributed by atoms with E-state index in [1.807, 2.05) is 0 Å². The summed E-state index contributed by atoms with van der Waals surface area (Å²) in [6.45, 7) is 0. The highest BCUT2D eigenvalue weighted by Gasteiger charge is 2.32. The minimum absolute atomic E-state index is 0.312. The molecule has 0 saturated heterocycles. The Morgan fingerprint density at radius 3 is 2.71 bits per heavy atom. The van der Waals surface area contributed by atoms with Crippen LogP contribution >= 0.6 is 23.2 Å². The second-order valence-corrected chi connectivity index (χ2v) is 3.67. The number of fused-ring (bicyclic) bond motifs is 1. The van der Waals surface area contributed by atoms with Gasteiger partial charge in [-0.1, -0.05) is 23.2 Å². The topological polar surface area (TPSA) is 58.5 Å². The average Bonchev–Trinajstić information content (AvgIpc) is 2.44. The SMILES string of the molecule is O=N[C@H]1Nc2c(Cl)cc(Cl)cc2C1=O. The molecule has 4 nitrogen and oxygen atoms in total. The number of halogens is 2. The predicted molar refractivity (Wildman–Crippen MR) is 54.0 cm³/mol. The van der Waals surface area contributed by atoms with E-state index in [-0.39, 0.29) is 0 Å². The quantitative estimate of drug-likeness (QED) is 0.755. The minimum atomic E-state index is -1.08. The zero-order chi connectivity index (χ0) is 10.3. The summed E-state index contributed by atoms with van der Waals surface area (Å²) in [6.07, 6.45) is -1.08. The lowest BCUT2D eigenvalue weighted by Gasteiger charge is -2.01. The molecule has 1 aliphatic heterocycles. The molecule has 0 radical (unpaired) electrons. The van der Waals surface area contributed by atoms with E-state index in [2.05, 4.69) is 10.5 Å². The normalized spacial score (nSPS) is 19.0. The van der Waals surface area contributed by atoms with Crippen molar-refractivity contribution in [1.29, 1.82) is 0 Å². The van der Waals surface area contributed by atoms with Gasteiger partial charge in [0, 0.05) is 10.6 Å². The molecule has 0 fully saturated rings. The van der Waals surface area contributed by atoms with Crippen molar-refractivity contribution in [3.8, 4) is 0 Å². The zero-order valence-corrected chi connectivity index (χ0v) is 8.26. The molecule has 1 aromatic rings. The molecule has 0 bridgehead atoms. The summed E-state index contributed by atoms with van der Waals surface area (Å²) in [5.41, 5.74) is 0.734. The van der Waals surface area contributed by atoms with Gasteiger partial charge in [-0.2, -0.15) is 0 Å². The molecule has 0 aromatic heterocycles.